The third-order valence-corrected chi connectivity index (χ3v) is 4.51. The largest absolute Gasteiger partial charge is 0.371 e. The predicted octanol–water partition coefficient (Wildman–Crippen LogP) is 2.48. The SMILES string of the molecule is O=C(NC1CCN(c2ccc(F)cc2)CC1)[C@@H]1CCCCO1. The first-order valence-electron chi connectivity index (χ1n) is 8.15. The third-order valence-electron chi connectivity index (χ3n) is 4.51. The predicted molar refractivity (Wildman–Crippen MR) is 83.4 cm³/mol. The van der Waals surface area contributed by atoms with E-state index < -0.39 is 0 Å². The monoisotopic (exact) mass is 306 g/mol. The van der Waals surface area contributed by atoms with Crippen LogP contribution in [0, 0.1) is 5.82 Å². The second kappa shape index (κ2) is 7.09. The highest BCUT2D eigenvalue weighted by Gasteiger charge is 2.26. The molecular weight excluding hydrogens is 283 g/mol. The van der Waals surface area contributed by atoms with Gasteiger partial charge in [-0.25, -0.2) is 4.39 Å². The number of nitrogens with one attached hydrogen (secondary N) is 1. The lowest BCUT2D eigenvalue weighted by molar-refractivity contribution is -0.136. The first-order chi connectivity index (χ1) is 10.7. The summed E-state index contributed by atoms with van der Waals surface area (Å²) in [6.45, 7) is 2.45. The second-order valence-corrected chi connectivity index (χ2v) is 6.10. The maximum absolute atomic E-state index is 13.0. The summed E-state index contributed by atoms with van der Waals surface area (Å²) in [4.78, 5) is 14.4. The van der Waals surface area contributed by atoms with Crippen molar-refractivity contribution in [1.29, 1.82) is 0 Å². The molecule has 1 aromatic carbocycles. The van der Waals surface area contributed by atoms with Gasteiger partial charge in [-0.05, 0) is 56.4 Å². The van der Waals surface area contributed by atoms with Gasteiger partial charge in [-0.2, -0.15) is 0 Å². The fourth-order valence-corrected chi connectivity index (χ4v) is 3.18. The smallest absolute Gasteiger partial charge is 0.249 e. The van der Waals surface area contributed by atoms with Crippen molar-refractivity contribution in [2.75, 3.05) is 24.6 Å². The summed E-state index contributed by atoms with van der Waals surface area (Å²) in [7, 11) is 0. The van der Waals surface area contributed by atoms with E-state index in [0.717, 1.165) is 50.9 Å². The minimum atomic E-state index is -0.260. The molecular formula is C17H23FN2O2. The van der Waals surface area contributed by atoms with Gasteiger partial charge in [-0.1, -0.05) is 0 Å². The van der Waals surface area contributed by atoms with E-state index in [4.69, 9.17) is 4.74 Å². The van der Waals surface area contributed by atoms with Crippen molar-refractivity contribution in [3.63, 3.8) is 0 Å². The summed E-state index contributed by atoms with van der Waals surface area (Å²) >= 11 is 0. The molecule has 2 heterocycles. The Balaban J connectivity index is 1.47. The Bertz CT molecular complexity index is 492. The molecule has 0 unspecified atom stereocenters. The Morgan fingerprint density at radius 1 is 1.14 bits per heavy atom. The molecule has 2 saturated heterocycles. The van der Waals surface area contributed by atoms with Gasteiger partial charge in [-0.3, -0.25) is 4.79 Å². The van der Waals surface area contributed by atoms with Crippen LogP contribution in [-0.4, -0.2) is 37.7 Å². The van der Waals surface area contributed by atoms with E-state index in [1.165, 1.54) is 12.1 Å². The first-order valence-corrected chi connectivity index (χ1v) is 8.15. The molecule has 1 amide bonds. The van der Waals surface area contributed by atoms with Gasteiger partial charge in [0.1, 0.15) is 11.9 Å². The summed E-state index contributed by atoms with van der Waals surface area (Å²) in [5.41, 5.74) is 1.04. The standard InChI is InChI=1S/C17H23FN2O2/c18-13-4-6-15(7-5-13)20-10-8-14(9-11-20)19-17(21)16-3-1-2-12-22-16/h4-7,14,16H,1-3,8-12H2,(H,19,21)/t16-/m0/s1. The normalized spacial score (nSPS) is 23.3. The van der Waals surface area contributed by atoms with Gasteiger partial charge in [-0.15, -0.1) is 0 Å². The van der Waals surface area contributed by atoms with Crippen molar-refractivity contribution >= 4 is 11.6 Å². The van der Waals surface area contributed by atoms with Gasteiger partial charge in [0.15, 0.2) is 0 Å². The molecule has 120 valence electrons. The van der Waals surface area contributed by atoms with Gasteiger partial charge in [0.25, 0.3) is 0 Å². The van der Waals surface area contributed by atoms with E-state index in [0.29, 0.717) is 6.61 Å². The number of ether oxygens (including phenoxy) is 1. The van der Waals surface area contributed by atoms with E-state index in [1.54, 1.807) is 0 Å². The molecule has 1 aromatic rings. The zero-order valence-corrected chi connectivity index (χ0v) is 12.8. The highest BCUT2D eigenvalue weighted by atomic mass is 19.1. The van der Waals surface area contributed by atoms with E-state index in [2.05, 4.69) is 10.2 Å². The first kappa shape index (κ1) is 15.3. The van der Waals surface area contributed by atoms with Crippen molar-refractivity contribution in [3.8, 4) is 0 Å². The summed E-state index contributed by atoms with van der Waals surface area (Å²) in [5, 5.41) is 3.12. The fourth-order valence-electron chi connectivity index (χ4n) is 3.18. The minimum absolute atomic E-state index is 0.0416. The molecule has 2 aliphatic rings. The van der Waals surface area contributed by atoms with Crippen LogP contribution in [0.3, 0.4) is 0 Å². The Labute approximate surface area is 130 Å². The third kappa shape index (κ3) is 3.77. The Hall–Kier alpha value is -1.62. The number of benzene rings is 1. The summed E-state index contributed by atoms with van der Waals surface area (Å²) in [6, 6.07) is 6.82. The molecule has 5 heteroatoms. The van der Waals surface area contributed by atoms with Gasteiger partial charge < -0.3 is 15.0 Å². The number of amides is 1. The van der Waals surface area contributed by atoms with Crippen molar-refractivity contribution in [3.05, 3.63) is 30.1 Å². The van der Waals surface area contributed by atoms with Crippen LogP contribution in [0.1, 0.15) is 32.1 Å². The molecule has 2 fully saturated rings. The zero-order valence-electron chi connectivity index (χ0n) is 12.8. The molecule has 22 heavy (non-hydrogen) atoms. The lowest BCUT2D eigenvalue weighted by atomic mass is 10.0. The number of hydrogen-bond acceptors (Lipinski definition) is 3. The van der Waals surface area contributed by atoms with Crippen molar-refractivity contribution in [2.45, 2.75) is 44.2 Å². The van der Waals surface area contributed by atoms with Crippen LogP contribution in [0.4, 0.5) is 10.1 Å². The number of anilines is 1. The number of carbonyl (C=O) groups excluding carboxylic acids is 1. The fraction of sp³-hybridized carbons (Fsp3) is 0.588. The number of carbonyl (C=O) groups is 1. The van der Waals surface area contributed by atoms with Crippen molar-refractivity contribution in [1.82, 2.24) is 5.32 Å². The van der Waals surface area contributed by atoms with Crippen LogP contribution in [0.15, 0.2) is 24.3 Å². The molecule has 0 saturated carbocycles. The van der Waals surface area contributed by atoms with Crippen LogP contribution in [0.2, 0.25) is 0 Å². The lowest BCUT2D eigenvalue weighted by Crippen LogP contribution is -2.48. The maximum Gasteiger partial charge on any atom is 0.249 e. The molecule has 0 bridgehead atoms. The highest BCUT2D eigenvalue weighted by Crippen LogP contribution is 2.21. The number of piperidine rings is 1. The molecule has 3 rings (SSSR count). The molecule has 1 atom stereocenters. The van der Waals surface area contributed by atoms with E-state index >= 15 is 0 Å². The van der Waals surface area contributed by atoms with Gasteiger partial charge in [0.05, 0.1) is 0 Å². The lowest BCUT2D eigenvalue weighted by Gasteiger charge is -2.34. The Morgan fingerprint density at radius 3 is 2.50 bits per heavy atom. The van der Waals surface area contributed by atoms with Crippen LogP contribution in [0.25, 0.3) is 0 Å². The average Bonchev–Trinajstić information content (AvgIpc) is 2.57. The summed E-state index contributed by atoms with van der Waals surface area (Å²) < 4.78 is 18.5. The number of hydrogen-bond donors (Lipinski definition) is 1. The van der Waals surface area contributed by atoms with Crippen LogP contribution in [-0.2, 0) is 9.53 Å². The summed E-state index contributed by atoms with van der Waals surface area (Å²) in [6.07, 6.45) is 4.52. The molecule has 0 radical (unpaired) electrons. The Kier molecular flexibility index (Phi) is 4.93. The maximum atomic E-state index is 13.0. The summed E-state index contributed by atoms with van der Waals surface area (Å²) in [5.74, 6) is -0.168. The quantitative estimate of drug-likeness (QED) is 0.933. The van der Waals surface area contributed by atoms with Crippen LogP contribution in [0.5, 0.6) is 0 Å². The van der Waals surface area contributed by atoms with Crippen LogP contribution >= 0.6 is 0 Å². The zero-order chi connectivity index (χ0) is 15.4. The molecule has 1 N–H and O–H groups in total. The minimum Gasteiger partial charge on any atom is -0.371 e. The molecule has 0 spiro atoms. The number of nitrogens with zero attached hydrogens (tertiary/aromatic N) is 1. The van der Waals surface area contributed by atoms with Gasteiger partial charge >= 0.3 is 0 Å². The molecule has 2 aliphatic heterocycles. The van der Waals surface area contributed by atoms with Crippen molar-refractivity contribution < 1.29 is 13.9 Å². The Morgan fingerprint density at radius 2 is 1.86 bits per heavy atom. The molecule has 4 nitrogen and oxygen atoms in total. The number of rotatable bonds is 3. The molecule has 0 aromatic heterocycles. The number of halogens is 1. The average molecular weight is 306 g/mol. The highest BCUT2D eigenvalue weighted by molar-refractivity contribution is 5.81. The van der Waals surface area contributed by atoms with Gasteiger partial charge in [0.2, 0.25) is 5.91 Å². The second-order valence-electron chi connectivity index (χ2n) is 6.10. The van der Waals surface area contributed by atoms with E-state index in [1.807, 2.05) is 12.1 Å². The van der Waals surface area contributed by atoms with Crippen LogP contribution < -0.4 is 10.2 Å². The molecule has 0 aliphatic carbocycles. The van der Waals surface area contributed by atoms with Gasteiger partial charge in [0, 0.05) is 31.4 Å². The topological polar surface area (TPSA) is 41.6 Å². The van der Waals surface area contributed by atoms with E-state index in [9.17, 15) is 9.18 Å². The van der Waals surface area contributed by atoms with E-state index in [-0.39, 0.29) is 23.9 Å². The van der Waals surface area contributed by atoms with Crippen molar-refractivity contribution in [2.24, 2.45) is 0 Å².